The highest BCUT2D eigenvalue weighted by Crippen LogP contribution is 2.43. The molecule has 1 spiro atoms. The van der Waals surface area contributed by atoms with E-state index >= 15 is 0 Å². The average Bonchev–Trinajstić information content (AvgIpc) is 2.84. The number of aliphatic imine (C=N–C) groups is 1. The van der Waals surface area contributed by atoms with Crippen molar-refractivity contribution in [1.29, 1.82) is 0 Å². The van der Waals surface area contributed by atoms with Crippen LogP contribution in [0.15, 0.2) is 47.4 Å². The molecular formula is C21H22ClFN4O2. The molecule has 0 radical (unpaired) electrons. The number of urea groups is 1. The summed E-state index contributed by atoms with van der Waals surface area (Å²) in [7, 11) is 0. The molecule has 1 aromatic rings. The first kappa shape index (κ1) is 18.5. The van der Waals surface area contributed by atoms with E-state index < -0.39 is 0 Å². The van der Waals surface area contributed by atoms with Gasteiger partial charge in [0.2, 0.25) is 0 Å². The summed E-state index contributed by atoms with van der Waals surface area (Å²) in [5.41, 5.74) is 0.786. The Balaban J connectivity index is 1.25. The van der Waals surface area contributed by atoms with Gasteiger partial charge in [0.25, 0.3) is 0 Å². The average molecular weight is 417 g/mol. The molecule has 2 saturated heterocycles. The van der Waals surface area contributed by atoms with Gasteiger partial charge in [-0.3, -0.25) is 4.90 Å². The van der Waals surface area contributed by atoms with Crippen molar-refractivity contribution >= 4 is 29.2 Å². The summed E-state index contributed by atoms with van der Waals surface area (Å²) in [6, 6.07) is 5.27. The van der Waals surface area contributed by atoms with E-state index in [0.717, 1.165) is 18.8 Å². The van der Waals surface area contributed by atoms with Crippen LogP contribution >= 0.6 is 11.6 Å². The fraction of sp³-hybridized carbons (Fsp3) is 0.429. The number of carbonyl (C=O) groups excluding carboxylic acids is 1. The van der Waals surface area contributed by atoms with E-state index in [4.69, 9.17) is 16.3 Å². The molecule has 0 N–H and O–H groups in total. The van der Waals surface area contributed by atoms with Gasteiger partial charge in [-0.05, 0) is 31.6 Å². The van der Waals surface area contributed by atoms with Crippen LogP contribution in [0.2, 0.25) is 5.02 Å². The molecule has 1 aromatic carbocycles. The standard InChI is InChI=1S/C21H22ClFN4O2/c1-14-9-29-18-8-15(22)5-6-17(18)27(14)20(28)26-12-21(13-26)10-25(11-21)19-16(23)4-2-3-7-24-19/h3-8,14H,2,9-13H2,1H3. The SMILES string of the molecule is CC1COc2cc(Cl)ccc2N1C(=O)N1CC2(C1)CN(C1=NC=CCC=C1F)C2. The fourth-order valence-electron chi connectivity index (χ4n) is 4.52. The highest BCUT2D eigenvalue weighted by molar-refractivity contribution is 6.30. The number of ether oxygens (including phenoxy) is 1. The number of allylic oxidation sites excluding steroid dienone is 2. The Kier molecular flexibility index (Phi) is 4.31. The minimum Gasteiger partial charge on any atom is -0.489 e. The molecule has 0 bridgehead atoms. The zero-order valence-electron chi connectivity index (χ0n) is 16.1. The van der Waals surface area contributed by atoms with Crippen molar-refractivity contribution in [1.82, 2.24) is 9.80 Å². The number of fused-ring (bicyclic) bond motifs is 1. The number of carbonyl (C=O) groups is 1. The Morgan fingerprint density at radius 1 is 1.31 bits per heavy atom. The van der Waals surface area contributed by atoms with Crippen molar-refractivity contribution in [3.8, 4) is 5.75 Å². The Morgan fingerprint density at radius 3 is 2.90 bits per heavy atom. The van der Waals surface area contributed by atoms with Crippen molar-refractivity contribution in [2.45, 2.75) is 19.4 Å². The molecule has 0 saturated carbocycles. The van der Waals surface area contributed by atoms with Crippen LogP contribution in [0.1, 0.15) is 13.3 Å². The van der Waals surface area contributed by atoms with E-state index in [0.29, 0.717) is 42.7 Å². The van der Waals surface area contributed by atoms with Gasteiger partial charge in [0.05, 0.1) is 11.7 Å². The molecule has 1 atom stereocenters. The lowest BCUT2D eigenvalue weighted by Gasteiger charge is -2.61. The van der Waals surface area contributed by atoms with Gasteiger partial charge < -0.3 is 14.5 Å². The van der Waals surface area contributed by atoms with Crippen LogP contribution < -0.4 is 9.64 Å². The predicted molar refractivity (Wildman–Crippen MR) is 110 cm³/mol. The predicted octanol–water partition coefficient (Wildman–Crippen LogP) is 3.83. The minimum absolute atomic E-state index is 0.0192. The first-order valence-corrected chi connectivity index (χ1v) is 10.2. The van der Waals surface area contributed by atoms with Crippen molar-refractivity contribution in [2.24, 2.45) is 10.4 Å². The first-order chi connectivity index (χ1) is 14.0. The topological polar surface area (TPSA) is 48.4 Å². The zero-order valence-corrected chi connectivity index (χ0v) is 16.9. The van der Waals surface area contributed by atoms with Gasteiger partial charge in [-0.1, -0.05) is 17.7 Å². The second kappa shape index (κ2) is 6.76. The molecule has 4 aliphatic rings. The highest BCUT2D eigenvalue weighted by atomic mass is 35.5. The van der Waals surface area contributed by atoms with Gasteiger partial charge in [0, 0.05) is 48.9 Å². The Bertz CT molecular complexity index is 946. The second-order valence-electron chi connectivity index (χ2n) is 8.26. The van der Waals surface area contributed by atoms with Crippen LogP contribution in [-0.2, 0) is 0 Å². The number of likely N-dealkylation sites (tertiary alicyclic amines) is 2. The fourth-order valence-corrected chi connectivity index (χ4v) is 4.68. The van der Waals surface area contributed by atoms with Gasteiger partial charge in [0.15, 0.2) is 11.7 Å². The van der Waals surface area contributed by atoms with Crippen molar-refractivity contribution in [3.05, 3.63) is 47.4 Å². The molecule has 2 amide bonds. The third kappa shape index (κ3) is 3.08. The number of halogens is 2. The normalized spacial score (nSPS) is 24.7. The van der Waals surface area contributed by atoms with E-state index in [1.807, 2.05) is 28.9 Å². The Morgan fingerprint density at radius 2 is 2.10 bits per heavy atom. The van der Waals surface area contributed by atoms with Gasteiger partial charge in [-0.15, -0.1) is 0 Å². The number of amides is 2. The van der Waals surface area contributed by atoms with Gasteiger partial charge in [-0.25, -0.2) is 14.2 Å². The quantitative estimate of drug-likeness (QED) is 0.645. The lowest BCUT2D eigenvalue weighted by Crippen LogP contribution is -2.75. The van der Waals surface area contributed by atoms with Crippen LogP contribution in [0.25, 0.3) is 0 Å². The summed E-state index contributed by atoms with van der Waals surface area (Å²) in [6.07, 6.45) is 5.60. The van der Waals surface area contributed by atoms with E-state index in [1.165, 1.54) is 0 Å². The van der Waals surface area contributed by atoms with Crippen molar-refractivity contribution in [3.63, 3.8) is 0 Å². The van der Waals surface area contributed by atoms with Crippen LogP contribution in [-0.4, -0.2) is 60.5 Å². The molecular weight excluding hydrogens is 395 g/mol. The molecule has 6 nitrogen and oxygen atoms in total. The maximum atomic E-state index is 14.2. The van der Waals surface area contributed by atoms with E-state index in [9.17, 15) is 9.18 Å². The maximum Gasteiger partial charge on any atom is 0.325 e. The van der Waals surface area contributed by atoms with Crippen LogP contribution in [0.5, 0.6) is 5.75 Å². The van der Waals surface area contributed by atoms with E-state index in [1.54, 1.807) is 29.3 Å². The van der Waals surface area contributed by atoms with Gasteiger partial charge in [-0.2, -0.15) is 0 Å². The first-order valence-electron chi connectivity index (χ1n) is 9.80. The third-order valence-electron chi connectivity index (χ3n) is 5.93. The minimum atomic E-state index is -0.269. The molecule has 29 heavy (non-hydrogen) atoms. The summed E-state index contributed by atoms with van der Waals surface area (Å²) < 4.78 is 19.9. The largest absolute Gasteiger partial charge is 0.489 e. The monoisotopic (exact) mass is 416 g/mol. The number of hydrogen-bond acceptors (Lipinski definition) is 4. The van der Waals surface area contributed by atoms with Crippen LogP contribution in [0.4, 0.5) is 14.9 Å². The molecule has 1 unspecified atom stereocenters. The number of rotatable bonds is 0. The maximum absolute atomic E-state index is 14.2. The van der Waals surface area contributed by atoms with Crippen molar-refractivity contribution < 1.29 is 13.9 Å². The third-order valence-corrected chi connectivity index (χ3v) is 6.17. The zero-order chi connectivity index (χ0) is 20.2. The molecule has 4 heterocycles. The van der Waals surface area contributed by atoms with E-state index in [2.05, 4.69) is 4.99 Å². The summed E-state index contributed by atoms with van der Waals surface area (Å²) >= 11 is 6.06. The lowest BCUT2D eigenvalue weighted by molar-refractivity contribution is -0.0626. The lowest BCUT2D eigenvalue weighted by atomic mass is 9.72. The second-order valence-corrected chi connectivity index (χ2v) is 8.70. The molecule has 8 heteroatoms. The highest BCUT2D eigenvalue weighted by Gasteiger charge is 2.55. The number of nitrogens with zero attached hydrogens (tertiary/aromatic N) is 4. The van der Waals surface area contributed by atoms with Crippen molar-refractivity contribution in [2.75, 3.05) is 37.7 Å². The number of hydrogen-bond donors (Lipinski definition) is 0. The smallest absolute Gasteiger partial charge is 0.325 e. The molecule has 0 aromatic heterocycles. The summed E-state index contributed by atoms with van der Waals surface area (Å²) in [5, 5.41) is 0.584. The summed E-state index contributed by atoms with van der Waals surface area (Å²) in [5.74, 6) is 0.770. The molecule has 4 aliphatic heterocycles. The molecule has 5 rings (SSSR count). The Labute approximate surface area is 173 Å². The number of anilines is 1. The number of amidine groups is 1. The molecule has 152 valence electrons. The van der Waals surface area contributed by atoms with Gasteiger partial charge in [0.1, 0.15) is 12.4 Å². The Hall–Kier alpha value is -2.54. The van der Waals surface area contributed by atoms with E-state index in [-0.39, 0.29) is 23.3 Å². The molecule has 0 aliphatic carbocycles. The summed E-state index contributed by atoms with van der Waals surface area (Å²) in [6.45, 7) is 5.19. The van der Waals surface area contributed by atoms with Gasteiger partial charge >= 0.3 is 6.03 Å². The number of benzene rings is 1. The van der Waals surface area contributed by atoms with Crippen LogP contribution in [0.3, 0.4) is 0 Å². The molecule has 2 fully saturated rings. The summed E-state index contributed by atoms with van der Waals surface area (Å²) in [4.78, 5) is 23.0. The van der Waals surface area contributed by atoms with Crippen LogP contribution in [0, 0.1) is 5.41 Å².